The number of ether oxygens (including phenoxy) is 1. The molecule has 1 amide bonds. The molecule has 4 rings (SSSR count). The predicted molar refractivity (Wildman–Crippen MR) is 104 cm³/mol. The monoisotopic (exact) mass is 359 g/mol. The maximum absolute atomic E-state index is 12.1. The summed E-state index contributed by atoms with van der Waals surface area (Å²) < 4.78 is 10.6. The van der Waals surface area contributed by atoms with E-state index in [2.05, 4.69) is 17.4 Å². The van der Waals surface area contributed by atoms with Gasteiger partial charge in [0, 0.05) is 24.1 Å². The minimum absolute atomic E-state index is 0.115. The molecule has 0 spiro atoms. The molecule has 0 saturated heterocycles. The van der Waals surface area contributed by atoms with Crippen molar-refractivity contribution in [2.75, 3.05) is 6.61 Å². The zero-order chi connectivity index (χ0) is 18.6. The minimum atomic E-state index is -0.423. The van der Waals surface area contributed by atoms with Crippen LogP contribution in [-0.4, -0.2) is 12.5 Å². The molecule has 4 aromatic rings. The highest BCUT2D eigenvalue weighted by Gasteiger charge is 2.05. The summed E-state index contributed by atoms with van der Waals surface area (Å²) in [6.07, 6.45) is 0. The number of fused-ring (bicyclic) bond motifs is 2. The largest absolute Gasteiger partial charge is 0.484 e. The average molecular weight is 359 g/mol. The SMILES string of the molecule is O=C(COc1ccc2ccc(=O)oc2c1)NCc1ccc2ccccc2c1. The quantitative estimate of drug-likeness (QED) is 0.553. The van der Waals surface area contributed by atoms with Crippen LogP contribution in [0.3, 0.4) is 0 Å². The lowest BCUT2D eigenvalue weighted by molar-refractivity contribution is -0.123. The molecule has 134 valence electrons. The van der Waals surface area contributed by atoms with Gasteiger partial charge < -0.3 is 14.5 Å². The van der Waals surface area contributed by atoms with Gasteiger partial charge in [-0.15, -0.1) is 0 Å². The van der Waals surface area contributed by atoms with Crippen LogP contribution < -0.4 is 15.7 Å². The molecule has 0 aliphatic rings. The number of benzene rings is 3. The van der Waals surface area contributed by atoms with Crippen LogP contribution in [0.5, 0.6) is 5.75 Å². The highest BCUT2D eigenvalue weighted by molar-refractivity contribution is 5.83. The zero-order valence-electron chi connectivity index (χ0n) is 14.5. The number of nitrogens with one attached hydrogen (secondary N) is 1. The summed E-state index contributed by atoms with van der Waals surface area (Å²) in [5.41, 5.74) is 1.03. The van der Waals surface area contributed by atoms with Crippen molar-refractivity contribution in [3.63, 3.8) is 0 Å². The number of amides is 1. The van der Waals surface area contributed by atoms with E-state index in [0.717, 1.165) is 16.3 Å². The summed E-state index contributed by atoms with van der Waals surface area (Å²) in [7, 11) is 0. The molecule has 1 heterocycles. The van der Waals surface area contributed by atoms with Gasteiger partial charge in [0.1, 0.15) is 11.3 Å². The van der Waals surface area contributed by atoms with E-state index in [1.54, 1.807) is 24.3 Å². The molecule has 0 aliphatic heterocycles. The van der Waals surface area contributed by atoms with E-state index < -0.39 is 5.63 Å². The Morgan fingerprint density at radius 2 is 1.67 bits per heavy atom. The van der Waals surface area contributed by atoms with Crippen LogP contribution in [0.2, 0.25) is 0 Å². The number of carbonyl (C=O) groups is 1. The zero-order valence-corrected chi connectivity index (χ0v) is 14.5. The average Bonchev–Trinajstić information content (AvgIpc) is 2.70. The fraction of sp³-hybridized carbons (Fsp3) is 0.0909. The van der Waals surface area contributed by atoms with Crippen molar-refractivity contribution in [3.8, 4) is 5.75 Å². The van der Waals surface area contributed by atoms with Crippen molar-refractivity contribution in [2.45, 2.75) is 6.54 Å². The molecule has 0 radical (unpaired) electrons. The van der Waals surface area contributed by atoms with E-state index in [0.29, 0.717) is 17.9 Å². The first-order valence-electron chi connectivity index (χ1n) is 8.58. The van der Waals surface area contributed by atoms with E-state index >= 15 is 0 Å². The molecular formula is C22H17NO4. The van der Waals surface area contributed by atoms with Crippen LogP contribution in [0.25, 0.3) is 21.7 Å². The van der Waals surface area contributed by atoms with Gasteiger partial charge in [0.2, 0.25) is 0 Å². The van der Waals surface area contributed by atoms with Gasteiger partial charge >= 0.3 is 5.63 Å². The van der Waals surface area contributed by atoms with E-state index in [1.165, 1.54) is 11.5 Å². The number of hydrogen-bond donors (Lipinski definition) is 1. The summed E-state index contributed by atoms with van der Waals surface area (Å²) in [4.78, 5) is 23.4. The van der Waals surface area contributed by atoms with Crippen LogP contribution in [0, 0.1) is 0 Å². The van der Waals surface area contributed by atoms with Gasteiger partial charge in [-0.05, 0) is 40.6 Å². The Balaban J connectivity index is 1.35. The summed E-state index contributed by atoms with van der Waals surface area (Å²) in [6, 6.07) is 22.3. The van der Waals surface area contributed by atoms with Crippen LogP contribution in [-0.2, 0) is 11.3 Å². The van der Waals surface area contributed by atoms with Crippen molar-refractivity contribution in [2.24, 2.45) is 0 Å². The van der Waals surface area contributed by atoms with Crippen molar-refractivity contribution in [1.29, 1.82) is 0 Å². The Bertz CT molecular complexity index is 1180. The van der Waals surface area contributed by atoms with Crippen molar-refractivity contribution in [1.82, 2.24) is 5.32 Å². The van der Waals surface area contributed by atoms with Crippen molar-refractivity contribution in [3.05, 3.63) is 88.8 Å². The lowest BCUT2D eigenvalue weighted by Gasteiger charge is -2.09. The molecule has 0 fully saturated rings. The van der Waals surface area contributed by atoms with Crippen molar-refractivity contribution >= 4 is 27.6 Å². The maximum Gasteiger partial charge on any atom is 0.336 e. The van der Waals surface area contributed by atoms with Crippen LogP contribution >= 0.6 is 0 Å². The second-order valence-corrected chi connectivity index (χ2v) is 6.20. The van der Waals surface area contributed by atoms with Gasteiger partial charge in [-0.1, -0.05) is 36.4 Å². The summed E-state index contributed by atoms with van der Waals surface area (Å²) in [5, 5.41) is 5.94. The maximum atomic E-state index is 12.1. The first-order chi connectivity index (χ1) is 13.2. The number of carbonyl (C=O) groups excluding carboxylic acids is 1. The lowest BCUT2D eigenvalue weighted by atomic mass is 10.1. The van der Waals surface area contributed by atoms with Gasteiger partial charge in [-0.3, -0.25) is 4.79 Å². The molecule has 0 aliphatic carbocycles. The van der Waals surface area contributed by atoms with Gasteiger partial charge in [-0.25, -0.2) is 4.79 Å². The normalized spacial score (nSPS) is 10.8. The first-order valence-corrected chi connectivity index (χ1v) is 8.58. The smallest absolute Gasteiger partial charge is 0.336 e. The summed E-state index contributed by atoms with van der Waals surface area (Å²) in [5.74, 6) is 0.246. The van der Waals surface area contributed by atoms with Gasteiger partial charge in [0.25, 0.3) is 5.91 Å². The van der Waals surface area contributed by atoms with Crippen LogP contribution in [0.4, 0.5) is 0 Å². The second-order valence-electron chi connectivity index (χ2n) is 6.20. The first kappa shape index (κ1) is 16.8. The van der Waals surface area contributed by atoms with Crippen LogP contribution in [0.1, 0.15) is 5.56 Å². The number of rotatable bonds is 5. The van der Waals surface area contributed by atoms with Crippen molar-refractivity contribution < 1.29 is 13.9 Å². The molecule has 0 saturated carbocycles. The van der Waals surface area contributed by atoms with E-state index in [4.69, 9.17) is 9.15 Å². The third-order valence-corrected chi connectivity index (χ3v) is 4.27. The lowest BCUT2D eigenvalue weighted by Crippen LogP contribution is -2.28. The Morgan fingerprint density at radius 1 is 0.889 bits per heavy atom. The van der Waals surface area contributed by atoms with Gasteiger partial charge in [0.05, 0.1) is 0 Å². The topological polar surface area (TPSA) is 68.5 Å². The van der Waals surface area contributed by atoms with E-state index in [1.807, 2.05) is 30.3 Å². The minimum Gasteiger partial charge on any atom is -0.484 e. The number of hydrogen-bond acceptors (Lipinski definition) is 4. The summed E-state index contributed by atoms with van der Waals surface area (Å²) in [6.45, 7) is 0.315. The molecule has 5 heteroatoms. The fourth-order valence-corrected chi connectivity index (χ4v) is 2.88. The Kier molecular flexibility index (Phi) is 4.58. The summed E-state index contributed by atoms with van der Waals surface area (Å²) >= 11 is 0. The van der Waals surface area contributed by atoms with Gasteiger partial charge in [0.15, 0.2) is 6.61 Å². The molecule has 27 heavy (non-hydrogen) atoms. The predicted octanol–water partition coefficient (Wildman–Crippen LogP) is 3.64. The molecule has 1 N–H and O–H groups in total. The molecule has 1 aromatic heterocycles. The van der Waals surface area contributed by atoms with E-state index in [-0.39, 0.29) is 12.5 Å². The standard InChI is InChI=1S/C22H17NO4/c24-21(23-13-15-5-6-16-3-1-2-4-18(16)11-15)14-26-19-9-7-17-8-10-22(25)27-20(17)12-19/h1-12H,13-14H2,(H,23,24). The molecular weight excluding hydrogens is 342 g/mol. The Morgan fingerprint density at radius 3 is 2.56 bits per heavy atom. The van der Waals surface area contributed by atoms with E-state index in [9.17, 15) is 9.59 Å². The Hall–Kier alpha value is -3.60. The molecule has 3 aromatic carbocycles. The van der Waals surface area contributed by atoms with Gasteiger partial charge in [-0.2, -0.15) is 0 Å². The molecule has 0 atom stereocenters. The molecule has 0 bridgehead atoms. The highest BCUT2D eigenvalue weighted by Crippen LogP contribution is 2.19. The second kappa shape index (κ2) is 7.33. The Labute approximate surface area is 155 Å². The van der Waals surface area contributed by atoms with Crippen LogP contribution in [0.15, 0.2) is 82.0 Å². The highest BCUT2D eigenvalue weighted by atomic mass is 16.5. The molecule has 5 nitrogen and oxygen atoms in total. The fourth-order valence-electron chi connectivity index (χ4n) is 2.88. The molecule has 0 unspecified atom stereocenters. The third-order valence-electron chi connectivity index (χ3n) is 4.27. The third kappa shape index (κ3) is 3.98.